The predicted octanol–water partition coefficient (Wildman–Crippen LogP) is 4.18. The minimum Gasteiger partial charge on any atom is -0.486 e. The van der Waals surface area contributed by atoms with Crippen LogP contribution in [0.25, 0.3) is 10.9 Å². The van der Waals surface area contributed by atoms with Gasteiger partial charge in [-0.25, -0.2) is 4.98 Å². The molecular weight excluding hydrogens is 402 g/mol. The van der Waals surface area contributed by atoms with Crippen molar-refractivity contribution in [3.63, 3.8) is 0 Å². The number of hydrogen-bond donors (Lipinski definition) is 2. The van der Waals surface area contributed by atoms with Gasteiger partial charge in [0.05, 0.1) is 23.5 Å². The smallest absolute Gasteiger partial charge is 0.295 e. The number of rotatable bonds is 2. The second-order valence-electron chi connectivity index (χ2n) is 8.08. The third-order valence-corrected chi connectivity index (χ3v) is 6.61. The first-order valence-corrected chi connectivity index (χ1v) is 10.2. The van der Waals surface area contributed by atoms with Gasteiger partial charge in [0.1, 0.15) is 16.8 Å². The highest BCUT2D eigenvalue weighted by atomic mass is 35.5. The van der Waals surface area contributed by atoms with Crippen molar-refractivity contribution in [3.05, 3.63) is 51.5 Å². The number of nitriles is 1. The number of fused-ring (bicyclic) bond motifs is 3. The van der Waals surface area contributed by atoms with E-state index in [0.717, 1.165) is 35.1 Å². The Morgan fingerprint density at radius 3 is 2.93 bits per heavy atom. The molecule has 7 nitrogen and oxygen atoms in total. The van der Waals surface area contributed by atoms with Crippen LogP contribution in [-0.2, 0) is 7.05 Å². The molecule has 1 aliphatic heterocycles. The highest BCUT2D eigenvalue weighted by Gasteiger charge is 2.50. The van der Waals surface area contributed by atoms with E-state index < -0.39 is 0 Å². The van der Waals surface area contributed by atoms with Crippen molar-refractivity contribution in [1.29, 1.82) is 5.26 Å². The maximum Gasteiger partial charge on any atom is 0.295 e. The average molecular weight is 422 g/mol. The van der Waals surface area contributed by atoms with E-state index in [2.05, 4.69) is 28.6 Å². The van der Waals surface area contributed by atoms with E-state index in [1.807, 2.05) is 18.2 Å². The zero-order valence-corrected chi connectivity index (χ0v) is 17.4. The summed E-state index contributed by atoms with van der Waals surface area (Å²) < 4.78 is 7.65. The molecule has 1 spiro atoms. The fourth-order valence-electron chi connectivity index (χ4n) is 4.13. The van der Waals surface area contributed by atoms with Gasteiger partial charge in [0.15, 0.2) is 0 Å². The number of hydrogen-bond acceptors (Lipinski definition) is 6. The Morgan fingerprint density at radius 1 is 1.40 bits per heavy atom. The number of benzene rings is 1. The molecule has 1 aromatic carbocycles. The van der Waals surface area contributed by atoms with E-state index in [-0.39, 0.29) is 27.7 Å². The maximum atomic E-state index is 12.9. The van der Waals surface area contributed by atoms with Gasteiger partial charge >= 0.3 is 0 Å². The van der Waals surface area contributed by atoms with Crippen molar-refractivity contribution < 1.29 is 4.74 Å². The van der Waals surface area contributed by atoms with Gasteiger partial charge in [-0.3, -0.25) is 4.79 Å². The first-order valence-electron chi connectivity index (χ1n) is 9.81. The van der Waals surface area contributed by atoms with Crippen LogP contribution in [0.5, 0.6) is 5.75 Å². The quantitative estimate of drug-likeness (QED) is 0.603. The maximum absolute atomic E-state index is 12.9. The highest BCUT2D eigenvalue weighted by molar-refractivity contribution is 6.31. The minimum atomic E-state index is -0.150. The monoisotopic (exact) mass is 421 g/mol. The summed E-state index contributed by atoms with van der Waals surface area (Å²) in [5, 5.41) is 17.2. The molecule has 5 rings (SSSR count). The lowest BCUT2D eigenvalue weighted by Crippen LogP contribution is -2.29. The average Bonchev–Trinajstić information content (AvgIpc) is 3.54. The topological polar surface area (TPSA) is 92.0 Å². The summed E-state index contributed by atoms with van der Waals surface area (Å²) in [6.45, 7) is 2.70. The molecule has 3 aromatic rings. The van der Waals surface area contributed by atoms with Crippen LogP contribution in [0.4, 0.5) is 17.1 Å². The van der Waals surface area contributed by atoms with Crippen LogP contribution in [0.1, 0.15) is 25.3 Å². The summed E-state index contributed by atoms with van der Waals surface area (Å²) in [7, 11) is 1.75. The van der Waals surface area contributed by atoms with E-state index in [1.165, 1.54) is 0 Å². The third-order valence-electron chi connectivity index (χ3n) is 6.32. The molecule has 2 aromatic heterocycles. The Hall–Kier alpha value is -3.24. The van der Waals surface area contributed by atoms with Crippen LogP contribution in [0.2, 0.25) is 5.15 Å². The van der Waals surface area contributed by atoms with E-state index >= 15 is 0 Å². The summed E-state index contributed by atoms with van der Waals surface area (Å²) in [5.41, 5.74) is 3.09. The Morgan fingerprint density at radius 2 is 2.20 bits per heavy atom. The molecule has 0 bridgehead atoms. The van der Waals surface area contributed by atoms with E-state index in [4.69, 9.17) is 16.3 Å². The van der Waals surface area contributed by atoms with Gasteiger partial charge in [-0.05, 0) is 44.0 Å². The summed E-state index contributed by atoms with van der Waals surface area (Å²) in [6.07, 6.45) is 3.74. The Balaban J connectivity index is 1.65. The van der Waals surface area contributed by atoms with E-state index in [1.54, 1.807) is 23.9 Å². The number of anilines is 3. The van der Waals surface area contributed by atoms with Crippen molar-refractivity contribution in [2.24, 2.45) is 12.5 Å². The van der Waals surface area contributed by atoms with Crippen molar-refractivity contribution >= 4 is 39.6 Å². The second kappa shape index (κ2) is 6.64. The number of nitrogens with zero attached hydrogens (tertiary/aromatic N) is 3. The Labute approximate surface area is 178 Å². The lowest BCUT2D eigenvalue weighted by molar-refractivity contribution is 0.227. The van der Waals surface area contributed by atoms with Crippen LogP contribution >= 0.6 is 11.6 Å². The summed E-state index contributed by atoms with van der Waals surface area (Å²) in [6, 6.07) is 9.70. The molecule has 1 saturated carbocycles. The molecule has 8 heteroatoms. The third kappa shape index (κ3) is 2.79. The van der Waals surface area contributed by atoms with Gasteiger partial charge in [-0.2, -0.15) is 5.26 Å². The second-order valence-corrected chi connectivity index (χ2v) is 8.44. The van der Waals surface area contributed by atoms with Gasteiger partial charge in [0, 0.05) is 35.8 Å². The molecule has 0 radical (unpaired) electrons. The molecular formula is C22H20ClN5O2. The largest absolute Gasteiger partial charge is 0.486 e. The van der Waals surface area contributed by atoms with Crippen LogP contribution in [0.15, 0.2) is 35.3 Å². The molecule has 0 saturated heterocycles. The summed E-state index contributed by atoms with van der Waals surface area (Å²) >= 11 is 6.05. The molecule has 1 atom stereocenters. The summed E-state index contributed by atoms with van der Waals surface area (Å²) in [5.74, 6) is 0.363. The first-order chi connectivity index (χ1) is 14.4. The molecule has 2 N–H and O–H groups in total. The zero-order valence-electron chi connectivity index (χ0n) is 16.6. The van der Waals surface area contributed by atoms with Crippen LogP contribution in [0, 0.1) is 16.7 Å². The van der Waals surface area contributed by atoms with Gasteiger partial charge < -0.3 is 19.9 Å². The molecule has 0 amide bonds. The standard InChI is InChI=1S/C22H20ClN5O2/c1-12-22(6-7-22)11-30-19-18(26-12)14-9-13(3-4-17(14)28(2)21(19)29)27-16-5-8-25-20(23)15(16)10-24/h3-5,8-9,12,26H,6-7,11H2,1-2H3,(H,25,27). The molecule has 1 fully saturated rings. The van der Waals surface area contributed by atoms with Crippen molar-refractivity contribution in [1.82, 2.24) is 9.55 Å². The molecule has 3 heterocycles. The first kappa shape index (κ1) is 18.8. The SMILES string of the molecule is CC1Nc2c(c(=O)n(C)c3ccc(Nc4ccnc(Cl)c4C#N)cc23)OCC12CC2. The van der Waals surface area contributed by atoms with Crippen molar-refractivity contribution in [2.45, 2.75) is 25.8 Å². The van der Waals surface area contributed by atoms with Crippen molar-refractivity contribution in [3.8, 4) is 11.8 Å². The predicted molar refractivity (Wildman–Crippen MR) is 117 cm³/mol. The van der Waals surface area contributed by atoms with E-state index in [9.17, 15) is 10.1 Å². The number of aromatic nitrogens is 2. The molecule has 1 aliphatic carbocycles. The number of nitrogens with one attached hydrogen (secondary N) is 2. The number of aryl methyl sites for hydroxylation is 1. The van der Waals surface area contributed by atoms with Gasteiger partial charge in [0.25, 0.3) is 5.56 Å². The van der Waals surface area contributed by atoms with Crippen LogP contribution in [0.3, 0.4) is 0 Å². The van der Waals surface area contributed by atoms with Crippen LogP contribution in [-0.4, -0.2) is 22.2 Å². The lowest BCUT2D eigenvalue weighted by atomic mass is 9.99. The fraction of sp³-hybridized carbons (Fsp3) is 0.318. The lowest BCUT2D eigenvalue weighted by Gasteiger charge is -2.21. The molecule has 2 aliphatic rings. The Bertz CT molecular complexity index is 1290. The Kier molecular flexibility index (Phi) is 4.16. The van der Waals surface area contributed by atoms with Gasteiger partial charge in [-0.1, -0.05) is 11.6 Å². The van der Waals surface area contributed by atoms with Crippen LogP contribution < -0.4 is 20.9 Å². The van der Waals surface area contributed by atoms with E-state index in [0.29, 0.717) is 18.0 Å². The van der Waals surface area contributed by atoms with Gasteiger partial charge in [-0.15, -0.1) is 0 Å². The van der Waals surface area contributed by atoms with Gasteiger partial charge in [0.2, 0.25) is 5.75 Å². The number of pyridine rings is 2. The number of ether oxygens (including phenoxy) is 1. The fourth-order valence-corrected chi connectivity index (χ4v) is 4.33. The molecule has 30 heavy (non-hydrogen) atoms. The molecule has 1 unspecified atom stereocenters. The zero-order chi connectivity index (χ0) is 21.0. The highest BCUT2D eigenvalue weighted by Crippen LogP contribution is 2.52. The molecule has 152 valence electrons. The van der Waals surface area contributed by atoms with Crippen molar-refractivity contribution in [2.75, 3.05) is 17.2 Å². The summed E-state index contributed by atoms with van der Waals surface area (Å²) in [4.78, 5) is 16.9. The normalized spacial score (nSPS) is 18.7. The number of halogens is 1. The minimum absolute atomic E-state index is 0.0989.